The van der Waals surface area contributed by atoms with Crippen molar-refractivity contribution in [2.24, 2.45) is 5.41 Å². The smallest absolute Gasteiger partial charge is 0.385 e. The second-order valence-electron chi connectivity index (χ2n) is 6.37. The SMILES string of the molecule is O=C(O)C(F)(F)c1[nH]nc2nc(N3CCC4(CC3)CC4)cnc12. The van der Waals surface area contributed by atoms with E-state index >= 15 is 0 Å². The third-order valence-electron chi connectivity index (χ3n) is 4.94. The summed E-state index contributed by atoms with van der Waals surface area (Å²) in [5.74, 6) is -5.74. The van der Waals surface area contributed by atoms with Gasteiger partial charge in [0.15, 0.2) is 0 Å². The number of carboxylic acid groups (broad SMARTS) is 1. The predicted molar refractivity (Wildman–Crippen MR) is 76.3 cm³/mol. The summed E-state index contributed by atoms with van der Waals surface area (Å²) in [5, 5.41) is 14.4. The first-order chi connectivity index (χ1) is 10.9. The molecule has 0 bridgehead atoms. The van der Waals surface area contributed by atoms with Crippen molar-refractivity contribution in [2.45, 2.75) is 31.6 Å². The number of rotatable bonds is 3. The van der Waals surface area contributed by atoms with Crippen LogP contribution >= 0.6 is 0 Å². The molecule has 4 rings (SSSR count). The number of alkyl halides is 2. The number of hydrogen-bond donors (Lipinski definition) is 2. The molecule has 1 aliphatic heterocycles. The Labute approximate surface area is 129 Å². The summed E-state index contributed by atoms with van der Waals surface area (Å²) >= 11 is 0. The predicted octanol–water partition coefficient (Wildman–Crippen LogP) is 1.91. The zero-order valence-electron chi connectivity index (χ0n) is 12.2. The fourth-order valence-corrected chi connectivity index (χ4v) is 3.15. The van der Waals surface area contributed by atoms with Crippen LogP contribution in [0, 0.1) is 5.41 Å². The highest BCUT2D eigenvalue weighted by Gasteiger charge is 2.46. The second kappa shape index (κ2) is 4.59. The molecule has 1 saturated carbocycles. The summed E-state index contributed by atoms with van der Waals surface area (Å²) < 4.78 is 27.3. The number of piperidine rings is 1. The molecule has 2 aromatic rings. The molecule has 3 heterocycles. The summed E-state index contributed by atoms with van der Waals surface area (Å²) in [5.41, 5.74) is -0.520. The number of anilines is 1. The van der Waals surface area contributed by atoms with Crippen molar-refractivity contribution in [1.82, 2.24) is 20.2 Å². The van der Waals surface area contributed by atoms with Crippen molar-refractivity contribution in [3.05, 3.63) is 11.9 Å². The molecule has 7 nitrogen and oxygen atoms in total. The Morgan fingerprint density at radius 3 is 2.61 bits per heavy atom. The van der Waals surface area contributed by atoms with Crippen LogP contribution in [0.4, 0.5) is 14.6 Å². The monoisotopic (exact) mass is 323 g/mol. The lowest BCUT2D eigenvalue weighted by Crippen LogP contribution is -2.35. The molecule has 1 aliphatic carbocycles. The molecule has 0 atom stereocenters. The number of nitrogens with zero attached hydrogens (tertiary/aromatic N) is 4. The largest absolute Gasteiger partial charge is 0.476 e. The highest BCUT2D eigenvalue weighted by Crippen LogP contribution is 2.53. The summed E-state index contributed by atoms with van der Waals surface area (Å²) in [6, 6.07) is 0. The van der Waals surface area contributed by atoms with Gasteiger partial charge in [-0.3, -0.25) is 5.10 Å². The first kappa shape index (κ1) is 14.3. The van der Waals surface area contributed by atoms with E-state index in [1.54, 1.807) is 0 Å². The lowest BCUT2D eigenvalue weighted by Gasteiger charge is -2.32. The van der Waals surface area contributed by atoms with E-state index in [9.17, 15) is 13.6 Å². The van der Waals surface area contributed by atoms with E-state index in [1.165, 1.54) is 19.0 Å². The number of halogens is 2. The van der Waals surface area contributed by atoms with Crippen molar-refractivity contribution in [3.8, 4) is 0 Å². The van der Waals surface area contributed by atoms with Gasteiger partial charge in [0.25, 0.3) is 0 Å². The van der Waals surface area contributed by atoms with Gasteiger partial charge in [0, 0.05) is 13.1 Å². The fourth-order valence-electron chi connectivity index (χ4n) is 3.15. The van der Waals surface area contributed by atoms with Crippen LogP contribution in [0.2, 0.25) is 0 Å². The first-order valence-electron chi connectivity index (χ1n) is 7.49. The van der Waals surface area contributed by atoms with Crippen LogP contribution < -0.4 is 4.90 Å². The van der Waals surface area contributed by atoms with Gasteiger partial charge in [0.1, 0.15) is 17.0 Å². The number of carboxylic acids is 1. The topological polar surface area (TPSA) is 95.0 Å². The van der Waals surface area contributed by atoms with E-state index in [4.69, 9.17) is 5.11 Å². The zero-order chi connectivity index (χ0) is 16.2. The minimum atomic E-state index is -4.07. The van der Waals surface area contributed by atoms with Gasteiger partial charge in [0.2, 0.25) is 5.65 Å². The normalized spacial score (nSPS) is 20.2. The Morgan fingerprint density at radius 2 is 2.00 bits per heavy atom. The fraction of sp³-hybridized carbons (Fsp3) is 0.571. The zero-order valence-corrected chi connectivity index (χ0v) is 12.2. The van der Waals surface area contributed by atoms with Gasteiger partial charge >= 0.3 is 11.9 Å². The van der Waals surface area contributed by atoms with Crippen LogP contribution in [0.25, 0.3) is 11.2 Å². The molecule has 1 spiro atoms. The minimum Gasteiger partial charge on any atom is -0.476 e. The van der Waals surface area contributed by atoms with E-state index in [0.29, 0.717) is 11.2 Å². The second-order valence-corrected chi connectivity index (χ2v) is 6.37. The molecular formula is C14H15F2N5O2. The van der Waals surface area contributed by atoms with E-state index in [2.05, 4.69) is 25.1 Å². The van der Waals surface area contributed by atoms with Crippen LogP contribution in [0.3, 0.4) is 0 Å². The van der Waals surface area contributed by atoms with Crippen LogP contribution in [0.15, 0.2) is 6.20 Å². The number of fused-ring (bicyclic) bond motifs is 1. The van der Waals surface area contributed by atoms with E-state index < -0.39 is 17.6 Å². The van der Waals surface area contributed by atoms with Gasteiger partial charge in [-0.05, 0) is 31.1 Å². The molecule has 0 unspecified atom stereocenters. The van der Waals surface area contributed by atoms with Crippen LogP contribution in [-0.2, 0) is 10.7 Å². The Balaban J connectivity index is 1.63. The summed E-state index contributed by atoms with van der Waals surface area (Å²) in [6.07, 6.45) is 6.20. The van der Waals surface area contributed by atoms with Crippen molar-refractivity contribution in [1.29, 1.82) is 0 Å². The minimum absolute atomic E-state index is 0.00475. The Bertz CT molecular complexity index is 777. The maximum Gasteiger partial charge on any atom is 0.385 e. The van der Waals surface area contributed by atoms with Crippen LogP contribution in [0.5, 0.6) is 0 Å². The number of H-pyrrole nitrogens is 1. The molecule has 0 aromatic carbocycles. The van der Waals surface area contributed by atoms with Crippen molar-refractivity contribution < 1.29 is 18.7 Å². The molecule has 122 valence electrons. The lowest BCUT2D eigenvalue weighted by molar-refractivity contribution is -0.166. The third kappa shape index (κ3) is 2.22. The quantitative estimate of drug-likeness (QED) is 0.896. The molecule has 23 heavy (non-hydrogen) atoms. The van der Waals surface area contributed by atoms with Gasteiger partial charge in [-0.1, -0.05) is 0 Å². The van der Waals surface area contributed by atoms with Crippen molar-refractivity contribution in [3.63, 3.8) is 0 Å². The molecular weight excluding hydrogens is 308 g/mol. The Morgan fingerprint density at radius 1 is 1.30 bits per heavy atom. The van der Waals surface area contributed by atoms with Gasteiger partial charge in [-0.25, -0.2) is 14.8 Å². The molecule has 0 radical (unpaired) electrons. The standard InChI is InChI=1S/C14H15F2N5O2/c15-14(16,12(22)23)10-9-11(20-19-10)18-8(7-17-9)21-5-3-13(1-2-13)4-6-21/h7H,1-6H2,(H,22,23)(H,18,19,20). The molecule has 0 amide bonds. The third-order valence-corrected chi connectivity index (χ3v) is 4.94. The molecule has 2 N–H and O–H groups in total. The maximum atomic E-state index is 13.6. The van der Waals surface area contributed by atoms with Crippen LogP contribution in [0.1, 0.15) is 31.4 Å². The average Bonchev–Trinajstić information content (AvgIpc) is 3.13. The lowest BCUT2D eigenvalue weighted by atomic mass is 9.94. The molecule has 2 aliphatic rings. The van der Waals surface area contributed by atoms with Gasteiger partial charge in [-0.15, -0.1) is 0 Å². The average molecular weight is 323 g/mol. The number of hydrogen-bond acceptors (Lipinski definition) is 5. The Hall–Kier alpha value is -2.32. The molecule has 9 heteroatoms. The van der Waals surface area contributed by atoms with E-state index in [0.717, 1.165) is 25.9 Å². The number of carbonyl (C=O) groups is 1. The summed E-state index contributed by atoms with van der Waals surface area (Å²) in [4.78, 5) is 21.0. The van der Waals surface area contributed by atoms with Gasteiger partial charge in [-0.2, -0.15) is 13.9 Å². The van der Waals surface area contributed by atoms with Gasteiger partial charge in [0.05, 0.1) is 6.20 Å². The van der Waals surface area contributed by atoms with E-state index in [1.807, 2.05) is 0 Å². The highest BCUT2D eigenvalue weighted by molar-refractivity contribution is 5.84. The maximum absolute atomic E-state index is 13.6. The number of aliphatic carboxylic acids is 1. The molecule has 2 aromatic heterocycles. The Kier molecular flexibility index (Phi) is 2.85. The van der Waals surface area contributed by atoms with Crippen LogP contribution in [-0.4, -0.2) is 44.3 Å². The molecule has 1 saturated heterocycles. The molecule has 2 fully saturated rings. The summed E-state index contributed by atoms with van der Waals surface area (Å²) in [7, 11) is 0. The summed E-state index contributed by atoms with van der Waals surface area (Å²) in [6.45, 7) is 1.73. The number of nitrogens with one attached hydrogen (secondary N) is 1. The van der Waals surface area contributed by atoms with Crippen molar-refractivity contribution >= 4 is 23.0 Å². The van der Waals surface area contributed by atoms with Crippen molar-refractivity contribution in [2.75, 3.05) is 18.0 Å². The number of aromatic nitrogens is 4. The highest BCUT2D eigenvalue weighted by atomic mass is 19.3. The van der Waals surface area contributed by atoms with E-state index in [-0.39, 0.29) is 11.2 Å². The number of aromatic amines is 1. The van der Waals surface area contributed by atoms with Gasteiger partial charge < -0.3 is 10.0 Å². The first-order valence-corrected chi connectivity index (χ1v) is 7.49.